The van der Waals surface area contributed by atoms with Crippen molar-refractivity contribution in [2.45, 2.75) is 0 Å². The molecule has 134 valence electrons. The van der Waals surface area contributed by atoms with Crippen LogP contribution in [0.5, 0.6) is 0 Å². The Morgan fingerprint density at radius 3 is 2.69 bits per heavy atom. The zero-order chi connectivity index (χ0) is 18.3. The molecule has 4 heterocycles. The number of hydrogen-bond donors (Lipinski definition) is 0. The number of carbonyl (C=O) groups is 1. The number of rotatable bonds is 2. The van der Waals surface area contributed by atoms with E-state index in [1.807, 2.05) is 23.9 Å². The number of nitrogens with zero attached hydrogens (tertiary/aromatic N) is 4. The summed E-state index contributed by atoms with van der Waals surface area (Å²) in [6, 6.07) is 5.47. The first kappa shape index (κ1) is 17.6. The van der Waals surface area contributed by atoms with Crippen LogP contribution in [-0.2, 0) is 4.79 Å². The predicted molar refractivity (Wildman–Crippen MR) is 112 cm³/mol. The van der Waals surface area contributed by atoms with Crippen LogP contribution in [0, 0.1) is 0 Å². The molecular formula is C17H16N4O2S3. The van der Waals surface area contributed by atoms with Gasteiger partial charge in [-0.25, -0.2) is 4.98 Å². The summed E-state index contributed by atoms with van der Waals surface area (Å²) >= 11 is 8.30. The third-order valence-electron chi connectivity index (χ3n) is 4.32. The van der Waals surface area contributed by atoms with Gasteiger partial charge >= 0.3 is 0 Å². The van der Waals surface area contributed by atoms with E-state index < -0.39 is 0 Å². The number of hydrogen-bond acceptors (Lipinski definition) is 7. The molecule has 6 nitrogen and oxygen atoms in total. The zero-order valence-corrected chi connectivity index (χ0v) is 16.5. The van der Waals surface area contributed by atoms with Gasteiger partial charge in [0, 0.05) is 37.8 Å². The Morgan fingerprint density at radius 2 is 2.00 bits per heavy atom. The largest absolute Gasteiger partial charge is 0.354 e. The first-order valence-corrected chi connectivity index (χ1v) is 10.5. The molecule has 0 saturated carbocycles. The van der Waals surface area contributed by atoms with Crippen molar-refractivity contribution in [2.24, 2.45) is 0 Å². The van der Waals surface area contributed by atoms with Crippen LogP contribution >= 0.6 is 35.7 Å². The lowest BCUT2D eigenvalue weighted by Gasteiger charge is -2.28. The van der Waals surface area contributed by atoms with Gasteiger partial charge in [-0.1, -0.05) is 30.0 Å². The number of carbonyl (C=O) groups excluding carboxylic acids is 1. The van der Waals surface area contributed by atoms with Gasteiger partial charge in [-0.3, -0.25) is 18.9 Å². The molecule has 0 N–H and O–H groups in total. The van der Waals surface area contributed by atoms with Crippen LogP contribution in [0.15, 0.2) is 34.1 Å². The molecule has 0 bridgehead atoms. The molecule has 0 spiro atoms. The van der Waals surface area contributed by atoms with Crippen molar-refractivity contribution in [2.75, 3.05) is 36.5 Å². The normalized spacial score (nSPS) is 19.8. The Morgan fingerprint density at radius 1 is 1.23 bits per heavy atom. The van der Waals surface area contributed by atoms with E-state index in [0.29, 0.717) is 26.3 Å². The van der Waals surface area contributed by atoms with Gasteiger partial charge in [0.05, 0.1) is 10.5 Å². The molecule has 0 aromatic carbocycles. The van der Waals surface area contributed by atoms with Crippen LogP contribution < -0.4 is 10.5 Å². The fraction of sp³-hybridized carbons (Fsp3) is 0.294. The highest BCUT2D eigenvalue weighted by molar-refractivity contribution is 8.26. The standard InChI is InChI=1S/C17H16N4O2S3/c1-19-16(23)12(26-17(19)24)10-11-14(20-6-8-25-9-7-20)18-13-4-2-3-5-21(13)15(11)22/h2-5,10H,6-9H2,1H3/b12-10-. The fourth-order valence-electron chi connectivity index (χ4n) is 2.91. The highest BCUT2D eigenvalue weighted by atomic mass is 32.2. The van der Waals surface area contributed by atoms with Crippen LogP contribution in [-0.4, -0.2) is 56.2 Å². The van der Waals surface area contributed by atoms with Crippen molar-refractivity contribution in [1.82, 2.24) is 14.3 Å². The molecule has 9 heteroatoms. The highest BCUT2D eigenvalue weighted by Crippen LogP contribution is 2.32. The van der Waals surface area contributed by atoms with Crippen LogP contribution in [0.4, 0.5) is 5.82 Å². The average Bonchev–Trinajstić information content (AvgIpc) is 2.91. The van der Waals surface area contributed by atoms with Gasteiger partial charge in [0.15, 0.2) is 0 Å². The second-order valence-electron chi connectivity index (χ2n) is 5.92. The number of fused-ring (bicyclic) bond motifs is 1. The number of thiocarbonyl (C=S) groups is 1. The predicted octanol–water partition coefficient (Wildman–Crippen LogP) is 2.08. The maximum absolute atomic E-state index is 13.1. The number of pyridine rings is 1. The number of anilines is 1. The molecule has 0 atom stereocenters. The van der Waals surface area contributed by atoms with Crippen LogP contribution in [0.2, 0.25) is 0 Å². The SMILES string of the molecule is CN1C(=O)/C(=C/c2c(N3CCSCC3)nc3ccccn3c2=O)SC1=S. The lowest BCUT2D eigenvalue weighted by molar-refractivity contribution is -0.121. The van der Waals surface area contributed by atoms with E-state index in [4.69, 9.17) is 17.2 Å². The molecule has 2 aromatic heterocycles. The molecular weight excluding hydrogens is 388 g/mol. The zero-order valence-electron chi connectivity index (χ0n) is 14.0. The topological polar surface area (TPSA) is 57.9 Å². The van der Waals surface area contributed by atoms with E-state index >= 15 is 0 Å². The summed E-state index contributed by atoms with van der Waals surface area (Å²) in [6.45, 7) is 1.66. The molecule has 2 aliphatic heterocycles. The molecule has 4 rings (SSSR count). The monoisotopic (exact) mass is 404 g/mol. The van der Waals surface area contributed by atoms with E-state index in [9.17, 15) is 9.59 Å². The van der Waals surface area contributed by atoms with E-state index in [-0.39, 0.29) is 11.5 Å². The van der Waals surface area contributed by atoms with Crippen molar-refractivity contribution in [3.8, 4) is 0 Å². The highest BCUT2D eigenvalue weighted by Gasteiger charge is 2.30. The van der Waals surface area contributed by atoms with Crippen molar-refractivity contribution in [1.29, 1.82) is 0 Å². The first-order chi connectivity index (χ1) is 12.6. The maximum atomic E-state index is 13.1. The number of thioether (sulfide) groups is 2. The molecule has 0 unspecified atom stereocenters. The van der Waals surface area contributed by atoms with Gasteiger partial charge in [-0.15, -0.1) is 0 Å². The Labute approximate surface area is 164 Å². The summed E-state index contributed by atoms with van der Waals surface area (Å²) in [6.07, 6.45) is 3.34. The average molecular weight is 405 g/mol. The lowest BCUT2D eigenvalue weighted by Crippen LogP contribution is -2.35. The Hall–Kier alpha value is -1.84. The maximum Gasteiger partial charge on any atom is 0.267 e. The molecule has 26 heavy (non-hydrogen) atoms. The minimum absolute atomic E-state index is 0.176. The first-order valence-electron chi connectivity index (χ1n) is 8.12. The quantitative estimate of drug-likeness (QED) is 0.561. The van der Waals surface area contributed by atoms with Crippen molar-refractivity contribution < 1.29 is 4.79 Å². The van der Waals surface area contributed by atoms with Gasteiger partial charge in [-0.05, 0) is 18.2 Å². The van der Waals surface area contributed by atoms with Gasteiger partial charge in [0.1, 0.15) is 15.8 Å². The summed E-state index contributed by atoms with van der Waals surface area (Å²) in [5, 5.41) is 0. The van der Waals surface area contributed by atoms with Gasteiger partial charge in [-0.2, -0.15) is 11.8 Å². The van der Waals surface area contributed by atoms with Crippen LogP contribution in [0.3, 0.4) is 0 Å². The number of aromatic nitrogens is 2. The fourth-order valence-corrected chi connectivity index (χ4v) is 4.97. The molecule has 2 aliphatic rings. The van der Waals surface area contributed by atoms with Crippen molar-refractivity contribution in [3.63, 3.8) is 0 Å². The number of likely N-dealkylation sites (N-methyl/N-ethyl adjacent to an activating group) is 1. The van der Waals surface area contributed by atoms with E-state index in [2.05, 4.69) is 4.90 Å². The molecule has 0 aliphatic carbocycles. The summed E-state index contributed by atoms with van der Waals surface area (Å²) < 4.78 is 2.01. The Bertz CT molecular complexity index is 995. The van der Waals surface area contributed by atoms with E-state index in [0.717, 1.165) is 24.6 Å². The van der Waals surface area contributed by atoms with Crippen molar-refractivity contribution >= 4 is 63.5 Å². The summed E-state index contributed by atoms with van der Waals surface area (Å²) in [5.74, 6) is 2.44. The molecule has 2 fully saturated rings. The molecule has 0 radical (unpaired) electrons. The summed E-state index contributed by atoms with van der Waals surface area (Å²) in [4.78, 5) is 34.3. The third kappa shape index (κ3) is 3.04. The summed E-state index contributed by atoms with van der Waals surface area (Å²) in [7, 11) is 1.65. The van der Waals surface area contributed by atoms with Crippen molar-refractivity contribution in [3.05, 3.63) is 45.2 Å². The molecule has 1 amide bonds. The van der Waals surface area contributed by atoms with Crippen LogP contribution in [0.25, 0.3) is 11.7 Å². The van der Waals surface area contributed by atoms with E-state index in [1.54, 1.807) is 25.4 Å². The van der Waals surface area contributed by atoms with Gasteiger partial charge < -0.3 is 4.90 Å². The molecule has 2 saturated heterocycles. The molecule has 2 aromatic rings. The minimum Gasteiger partial charge on any atom is -0.354 e. The smallest absolute Gasteiger partial charge is 0.267 e. The van der Waals surface area contributed by atoms with Gasteiger partial charge in [0.2, 0.25) is 0 Å². The third-order valence-corrected chi connectivity index (χ3v) is 6.75. The number of amides is 1. The van der Waals surface area contributed by atoms with Crippen LogP contribution in [0.1, 0.15) is 5.56 Å². The second kappa shape index (κ2) is 7.05. The van der Waals surface area contributed by atoms with E-state index in [1.165, 1.54) is 21.1 Å². The second-order valence-corrected chi connectivity index (χ2v) is 8.82. The lowest BCUT2D eigenvalue weighted by atomic mass is 10.2. The van der Waals surface area contributed by atoms with Gasteiger partial charge in [0.25, 0.3) is 11.5 Å². The Kier molecular flexibility index (Phi) is 4.76. The minimum atomic E-state index is -0.183. The summed E-state index contributed by atoms with van der Waals surface area (Å²) in [5.41, 5.74) is 0.866. The Balaban J connectivity index is 1.91.